The van der Waals surface area contributed by atoms with E-state index < -0.39 is 23.5 Å². The number of carbonyl (C=O) groups is 2. The Morgan fingerprint density at radius 1 is 1.10 bits per heavy atom. The number of aliphatic hydroxyl groups excluding tert-OH is 1. The first-order valence-corrected chi connectivity index (χ1v) is 10.3. The second kappa shape index (κ2) is 7.84. The molecule has 1 N–H and O–H groups in total. The molecule has 1 aliphatic heterocycles. The van der Waals surface area contributed by atoms with Gasteiger partial charge in [0.15, 0.2) is 5.13 Å². The van der Waals surface area contributed by atoms with E-state index in [0.717, 1.165) is 5.56 Å². The number of thiazole rings is 1. The molecule has 0 aliphatic carbocycles. The van der Waals surface area contributed by atoms with Gasteiger partial charge in [-0.3, -0.25) is 14.5 Å². The number of aromatic nitrogens is 1. The number of carbonyl (C=O) groups excluding carboxylic acids is 2. The van der Waals surface area contributed by atoms with Crippen LogP contribution in [0.3, 0.4) is 0 Å². The van der Waals surface area contributed by atoms with E-state index in [-0.39, 0.29) is 16.9 Å². The van der Waals surface area contributed by atoms with Crippen LogP contribution in [-0.4, -0.2) is 21.8 Å². The van der Waals surface area contributed by atoms with E-state index in [1.807, 2.05) is 24.3 Å². The first-order valence-electron chi connectivity index (χ1n) is 9.44. The summed E-state index contributed by atoms with van der Waals surface area (Å²) in [6.07, 6.45) is 1.55. The van der Waals surface area contributed by atoms with Crippen LogP contribution in [0.25, 0.3) is 5.76 Å². The molecule has 1 saturated heterocycles. The van der Waals surface area contributed by atoms with Crippen molar-refractivity contribution in [3.8, 4) is 0 Å². The number of hydrogen-bond acceptors (Lipinski definition) is 5. The van der Waals surface area contributed by atoms with Gasteiger partial charge in [-0.05, 0) is 41.3 Å². The third kappa shape index (κ3) is 3.41. The van der Waals surface area contributed by atoms with Crippen LogP contribution in [0.1, 0.15) is 42.5 Å². The van der Waals surface area contributed by atoms with Gasteiger partial charge in [-0.2, -0.15) is 0 Å². The Hall–Kier alpha value is -3.32. The third-order valence-electron chi connectivity index (χ3n) is 5.11. The Morgan fingerprint density at radius 2 is 1.77 bits per heavy atom. The lowest BCUT2D eigenvalue weighted by molar-refractivity contribution is -0.132. The van der Waals surface area contributed by atoms with Crippen LogP contribution in [0.2, 0.25) is 0 Å². The molecule has 7 heteroatoms. The van der Waals surface area contributed by atoms with Crippen molar-refractivity contribution in [1.29, 1.82) is 0 Å². The summed E-state index contributed by atoms with van der Waals surface area (Å²) in [5.74, 6) is -2.04. The van der Waals surface area contributed by atoms with Crippen molar-refractivity contribution in [2.24, 2.45) is 0 Å². The molecule has 4 rings (SSSR count). The minimum atomic E-state index is -0.831. The average Bonchev–Trinajstić information content (AvgIpc) is 3.35. The smallest absolute Gasteiger partial charge is 0.301 e. The molecule has 30 heavy (non-hydrogen) atoms. The van der Waals surface area contributed by atoms with Crippen LogP contribution in [0, 0.1) is 5.82 Å². The lowest BCUT2D eigenvalue weighted by atomic mass is 9.93. The molecular weight excluding hydrogens is 403 g/mol. The molecule has 0 radical (unpaired) electrons. The van der Waals surface area contributed by atoms with Crippen LogP contribution in [-0.2, 0) is 9.59 Å². The fraction of sp³-hybridized carbons (Fsp3) is 0.174. The lowest BCUT2D eigenvalue weighted by Crippen LogP contribution is -2.29. The van der Waals surface area contributed by atoms with Crippen molar-refractivity contribution in [3.05, 3.63) is 88.2 Å². The minimum Gasteiger partial charge on any atom is -0.507 e. The number of halogens is 1. The highest BCUT2D eigenvalue weighted by atomic mass is 32.1. The molecule has 5 nitrogen and oxygen atoms in total. The van der Waals surface area contributed by atoms with Crippen LogP contribution in [0.4, 0.5) is 9.52 Å². The molecule has 1 aliphatic rings. The largest absolute Gasteiger partial charge is 0.507 e. The van der Waals surface area contributed by atoms with Gasteiger partial charge in [0.05, 0.1) is 11.6 Å². The van der Waals surface area contributed by atoms with Crippen LogP contribution >= 0.6 is 11.3 Å². The Bertz CT molecular complexity index is 1120. The molecule has 1 atom stereocenters. The molecular formula is C23H19FN2O3S. The van der Waals surface area contributed by atoms with Crippen LogP contribution < -0.4 is 4.90 Å². The molecule has 1 fully saturated rings. The van der Waals surface area contributed by atoms with Gasteiger partial charge < -0.3 is 5.11 Å². The van der Waals surface area contributed by atoms with E-state index in [9.17, 15) is 19.1 Å². The Morgan fingerprint density at radius 3 is 2.33 bits per heavy atom. The second-order valence-corrected chi connectivity index (χ2v) is 8.19. The second-order valence-electron chi connectivity index (χ2n) is 7.31. The zero-order valence-electron chi connectivity index (χ0n) is 16.4. The summed E-state index contributed by atoms with van der Waals surface area (Å²) >= 11 is 1.23. The molecule has 152 valence electrons. The fourth-order valence-electron chi connectivity index (χ4n) is 3.51. The number of nitrogens with zero attached hydrogens (tertiary/aromatic N) is 2. The predicted molar refractivity (Wildman–Crippen MR) is 114 cm³/mol. The third-order valence-corrected chi connectivity index (χ3v) is 5.88. The fourth-order valence-corrected chi connectivity index (χ4v) is 4.17. The zero-order valence-corrected chi connectivity index (χ0v) is 17.2. The maximum atomic E-state index is 13.3. The highest BCUT2D eigenvalue weighted by molar-refractivity contribution is 7.14. The summed E-state index contributed by atoms with van der Waals surface area (Å²) in [6.45, 7) is 4.15. The van der Waals surface area contributed by atoms with Crippen molar-refractivity contribution in [1.82, 2.24) is 4.98 Å². The van der Waals surface area contributed by atoms with E-state index in [4.69, 9.17) is 0 Å². The van der Waals surface area contributed by atoms with Crippen molar-refractivity contribution < 1.29 is 19.1 Å². The lowest BCUT2D eigenvalue weighted by Gasteiger charge is -2.23. The molecule has 1 amide bonds. The number of amides is 1. The van der Waals surface area contributed by atoms with Crippen molar-refractivity contribution in [2.45, 2.75) is 25.8 Å². The van der Waals surface area contributed by atoms with Crippen molar-refractivity contribution in [2.75, 3.05) is 4.90 Å². The molecule has 2 heterocycles. The quantitative estimate of drug-likeness (QED) is 0.364. The van der Waals surface area contributed by atoms with Gasteiger partial charge in [-0.15, -0.1) is 11.3 Å². The monoisotopic (exact) mass is 422 g/mol. The van der Waals surface area contributed by atoms with E-state index in [2.05, 4.69) is 18.8 Å². The maximum Gasteiger partial charge on any atom is 0.301 e. The molecule has 0 bridgehead atoms. The van der Waals surface area contributed by atoms with E-state index in [1.165, 1.54) is 40.5 Å². The minimum absolute atomic E-state index is 0.0425. The van der Waals surface area contributed by atoms with Crippen LogP contribution in [0.15, 0.2) is 65.7 Å². The molecule has 2 aromatic carbocycles. The summed E-state index contributed by atoms with van der Waals surface area (Å²) in [4.78, 5) is 31.4. The van der Waals surface area contributed by atoms with E-state index >= 15 is 0 Å². The number of Topliss-reactive ketones (excluding diaryl/α,β-unsaturated/α-hetero) is 1. The van der Waals surface area contributed by atoms with Gasteiger partial charge in [-0.25, -0.2) is 9.37 Å². The molecule has 0 unspecified atom stereocenters. The summed E-state index contributed by atoms with van der Waals surface area (Å²) in [5.41, 5.74) is 2.01. The normalized spacial score (nSPS) is 18.4. The summed E-state index contributed by atoms with van der Waals surface area (Å²) in [6, 6.07) is 11.9. The molecule has 0 saturated carbocycles. The topological polar surface area (TPSA) is 70.5 Å². The van der Waals surface area contributed by atoms with Gasteiger partial charge in [0.2, 0.25) is 0 Å². The van der Waals surface area contributed by atoms with Gasteiger partial charge in [-0.1, -0.05) is 38.1 Å². The number of hydrogen-bond donors (Lipinski definition) is 1. The van der Waals surface area contributed by atoms with Gasteiger partial charge in [0, 0.05) is 17.1 Å². The summed E-state index contributed by atoms with van der Waals surface area (Å²) < 4.78 is 13.3. The van der Waals surface area contributed by atoms with E-state index in [0.29, 0.717) is 16.6 Å². The predicted octanol–water partition coefficient (Wildman–Crippen LogP) is 5.03. The highest BCUT2D eigenvalue weighted by Gasteiger charge is 2.47. The Kier molecular flexibility index (Phi) is 5.22. The standard InChI is InChI=1S/C23H19FN2O3S/c1-13(2)14-3-5-15(6-4-14)19-18(20(27)16-7-9-17(24)10-8-16)21(28)22(29)26(19)23-25-11-12-30-23/h3-13,19,27H,1-2H3/t19-/m0/s1. The van der Waals surface area contributed by atoms with Gasteiger partial charge >= 0.3 is 5.91 Å². The van der Waals surface area contributed by atoms with Crippen LogP contribution in [0.5, 0.6) is 0 Å². The summed E-state index contributed by atoms with van der Waals surface area (Å²) in [5, 5.41) is 13.0. The van der Waals surface area contributed by atoms with Gasteiger partial charge in [0.1, 0.15) is 11.6 Å². The SMILES string of the molecule is CC(C)c1ccc([C@H]2C(=C(O)c3ccc(F)cc3)C(=O)C(=O)N2c2nccs2)cc1. The average molecular weight is 422 g/mol. The van der Waals surface area contributed by atoms with Gasteiger partial charge in [0.25, 0.3) is 5.78 Å². The number of rotatable bonds is 4. The summed E-state index contributed by atoms with van der Waals surface area (Å²) in [7, 11) is 0. The number of anilines is 1. The number of ketones is 1. The molecule has 0 spiro atoms. The van der Waals surface area contributed by atoms with Crippen molar-refractivity contribution in [3.63, 3.8) is 0 Å². The van der Waals surface area contributed by atoms with E-state index in [1.54, 1.807) is 11.6 Å². The Balaban J connectivity index is 1.90. The van der Waals surface area contributed by atoms with Crippen molar-refractivity contribution >= 4 is 33.9 Å². The first kappa shape index (κ1) is 20.0. The highest BCUT2D eigenvalue weighted by Crippen LogP contribution is 2.42. The first-order chi connectivity index (χ1) is 14.4. The Labute approximate surface area is 177 Å². The molecule has 3 aromatic rings. The molecule has 1 aromatic heterocycles. The zero-order chi connectivity index (χ0) is 21.4. The maximum absolute atomic E-state index is 13.3. The number of aliphatic hydroxyl groups is 1. The number of benzene rings is 2.